The summed E-state index contributed by atoms with van der Waals surface area (Å²) in [6.45, 7) is 4.79. The highest BCUT2D eigenvalue weighted by atomic mass is 32.1. The van der Waals surface area contributed by atoms with E-state index >= 15 is 0 Å². The maximum atomic E-state index is 5.09. The van der Waals surface area contributed by atoms with E-state index in [1.54, 1.807) is 7.11 Å². The van der Waals surface area contributed by atoms with Crippen LogP contribution in [0.4, 0.5) is 5.13 Å². The molecule has 0 radical (unpaired) electrons. The molecule has 21 heavy (non-hydrogen) atoms. The highest BCUT2D eigenvalue weighted by Crippen LogP contribution is 2.32. The van der Waals surface area contributed by atoms with Crippen LogP contribution in [0.15, 0.2) is 0 Å². The van der Waals surface area contributed by atoms with Gasteiger partial charge in [0.1, 0.15) is 0 Å². The Labute approximate surface area is 132 Å². The lowest BCUT2D eigenvalue weighted by molar-refractivity contribution is 0.199. The molecule has 1 aromatic rings. The molecule has 0 aliphatic heterocycles. The number of ether oxygens (including phenoxy) is 1. The molecule has 4 nitrogen and oxygen atoms in total. The Morgan fingerprint density at radius 2 is 2.14 bits per heavy atom. The van der Waals surface area contributed by atoms with Gasteiger partial charge in [0.15, 0.2) is 5.13 Å². The third-order valence-corrected chi connectivity index (χ3v) is 5.38. The first-order chi connectivity index (χ1) is 10.3. The molecule has 0 bridgehead atoms. The van der Waals surface area contributed by atoms with Crippen molar-refractivity contribution in [3.8, 4) is 0 Å². The van der Waals surface area contributed by atoms with Crippen LogP contribution in [-0.2, 0) is 17.7 Å². The van der Waals surface area contributed by atoms with Crippen molar-refractivity contribution in [1.29, 1.82) is 0 Å². The highest BCUT2D eigenvalue weighted by molar-refractivity contribution is 7.15. The molecule has 0 aromatic carbocycles. The lowest BCUT2D eigenvalue weighted by Gasteiger charge is -2.23. The Kier molecular flexibility index (Phi) is 6.93. The number of thiazole rings is 1. The summed E-state index contributed by atoms with van der Waals surface area (Å²) in [6.07, 6.45) is 7.61. The van der Waals surface area contributed by atoms with Crippen LogP contribution in [0.1, 0.15) is 49.6 Å². The van der Waals surface area contributed by atoms with Gasteiger partial charge in [-0.05, 0) is 19.3 Å². The first kappa shape index (κ1) is 16.7. The van der Waals surface area contributed by atoms with Gasteiger partial charge >= 0.3 is 0 Å². The Hall–Kier alpha value is -0.650. The van der Waals surface area contributed by atoms with Gasteiger partial charge in [-0.1, -0.05) is 26.2 Å². The van der Waals surface area contributed by atoms with E-state index in [9.17, 15) is 0 Å². The van der Waals surface area contributed by atoms with Crippen LogP contribution in [0, 0.1) is 0 Å². The van der Waals surface area contributed by atoms with E-state index in [2.05, 4.69) is 24.2 Å². The van der Waals surface area contributed by atoms with Crippen LogP contribution in [0.5, 0.6) is 0 Å². The van der Waals surface area contributed by atoms with E-state index in [-0.39, 0.29) is 0 Å². The molecule has 2 rings (SSSR count). The van der Waals surface area contributed by atoms with E-state index in [4.69, 9.17) is 9.72 Å². The van der Waals surface area contributed by atoms with Crippen molar-refractivity contribution in [3.05, 3.63) is 10.6 Å². The van der Waals surface area contributed by atoms with Crippen molar-refractivity contribution >= 4 is 16.5 Å². The van der Waals surface area contributed by atoms with Gasteiger partial charge in [0, 0.05) is 38.2 Å². The third kappa shape index (κ3) is 4.66. The van der Waals surface area contributed by atoms with Crippen LogP contribution < -0.4 is 10.2 Å². The molecule has 0 saturated heterocycles. The van der Waals surface area contributed by atoms with Crippen LogP contribution >= 0.6 is 11.3 Å². The normalized spacial score (nSPS) is 15.8. The lowest BCUT2D eigenvalue weighted by atomic mass is 10.2. The minimum absolute atomic E-state index is 0.694. The molecule has 0 unspecified atom stereocenters. The van der Waals surface area contributed by atoms with E-state index in [0.29, 0.717) is 6.04 Å². The van der Waals surface area contributed by atoms with Gasteiger partial charge in [0.2, 0.25) is 0 Å². The number of rotatable bonds is 9. The second kappa shape index (κ2) is 8.71. The van der Waals surface area contributed by atoms with Gasteiger partial charge in [-0.3, -0.25) is 0 Å². The summed E-state index contributed by atoms with van der Waals surface area (Å²) in [7, 11) is 3.96. The van der Waals surface area contributed by atoms with Crippen LogP contribution in [0.2, 0.25) is 0 Å². The predicted molar refractivity (Wildman–Crippen MR) is 90.4 cm³/mol. The topological polar surface area (TPSA) is 37.4 Å². The first-order valence-electron chi connectivity index (χ1n) is 8.17. The predicted octanol–water partition coefficient (Wildman–Crippen LogP) is 3.21. The summed E-state index contributed by atoms with van der Waals surface area (Å²) >= 11 is 1.86. The Morgan fingerprint density at radius 1 is 1.38 bits per heavy atom. The molecule has 0 amide bonds. The third-order valence-electron chi connectivity index (χ3n) is 4.20. The lowest BCUT2D eigenvalue weighted by Crippen LogP contribution is -2.28. The molecule has 1 aromatic heterocycles. The SMILES string of the molecule is CCCc1nc(N(C)C2CCCC2)sc1CNCCOC. The van der Waals surface area contributed by atoms with Crippen LogP contribution in [0.25, 0.3) is 0 Å². The average Bonchev–Trinajstić information content (AvgIpc) is 3.13. The average molecular weight is 311 g/mol. The van der Waals surface area contributed by atoms with Gasteiger partial charge in [0.05, 0.1) is 12.3 Å². The Bertz CT molecular complexity index is 416. The summed E-state index contributed by atoms with van der Waals surface area (Å²) in [5, 5.41) is 4.65. The number of aryl methyl sites for hydroxylation is 1. The zero-order valence-electron chi connectivity index (χ0n) is 13.7. The number of nitrogens with one attached hydrogen (secondary N) is 1. The minimum Gasteiger partial charge on any atom is -0.383 e. The van der Waals surface area contributed by atoms with E-state index < -0.39 is 0 Å². The molecule has 1 fully saturated rings. The van der Waals surface area contributed by atoms with E-state index in [1.165, 1.54) is 41.4 Å². The van der Waals surface area contributed by atoms with Gasteiger partial charge in [-0.2, -0.15) is 0 Å². The van der Waals surface area contributed by atoms with Crippen molar-refractivity contribution in [2.75, 3.05) is 32.2 Å². The number of hydrogen-bond donors (Lipinski definition) is 1. The maximum absolute atomic E-state index is 5.09. The van der Waals surface area contributed by atoms with Gasteiger partial charge in [-0.25, -0.2) is 4.98 Å². The summed E-state index contributed by atoms with van der Waals surface area (Å²) < 4.78 is 5.09. The van der Waals surface area contributed by atoms with Gasteiger partial charge < -0.3 is 15.0 Å². The minimum atomic E-state index is 0.694. The van der Waals surface area contributed by atoms with Gasteiger partial charge in [-0.15, -0.1) is 11.3 Å². The monoisotopic (exact) mass is 311 g/mol. The molecular formula is C16H29N3OS. The molecule has 1 N–H and O–H groups in total. The Morgan fingerprint density at radius 3 is 2.81 bits per heavy atom. The summed E-state index contributed by atoms with van der Waals surface area (Å²) in [5.41, 5.74) is 1.28. The molecule has 0 atom stereocenters. The molecule has 120 valence electrons. The number of aromatic nitrogens is 1. The van der Waals surface area contributed by atoms with Crippen molar-refractivity contribution < 1.29 is 4.74 Å². The molecule has 1 heterocycles. The van der Waals surface area contributed by atoms with Crippen molar-refractivity contribution in [2.24, 2.45) is 0 Å². The second-order valence-electron chi connectivity index (χ2n) is 5.84. The number of hydrogen-bond acceptors (Lipinski definition) is 5. The van der Waals surface area contributed by atoms with Crippen LogP contribution in [0.3, 0.4) is 0 Å². The maximum Gasteiger partial charge on any atom is 0.185 e. The highest BCUT2D eigenvalue weighted by Gasteiger charge is 2.23. The van der Waals surface area contributed by atoms with Crippen molar-refractivity contribution in [2.45, 2.75) is 58.0 Å². The quantitative estimate of drug-likeness (QED) is 0.711. The molecule has 1 saturated carbocycles. The van der Waals surface area contributed by atoms with E-state index in [0.717, 1.165) is 32.5 Å². The summed E-state index contributed by atoms with van der Waals surface area (Å²) in [4.78, 5) is 8.72. The second-order valence-corrected chi connectivity index (χ2v) is 6.90. The van der Waals surface area contributed by atoms with Crippen molar-refractivity contribution in [1.82, 2.24) is 10.3 Å². The largest absolute Gasteiger partial charge is 0.383 e. The smallest absolute Gasteiger partial charge is 0.185 e. The first-order valence-corrected chi connectivity index (χ1v) is 8.99. The molecule has 1 aliphatic carbocycles. The zero-order chi connectivity index (χ0) is 15.1. The number of methoxy groups -OCH3 is 1. The number of anilines is 1. The van der Waals surface area contributed by atoms with E-state index in [1.807, 2.05) is 11.3 Å². The fraction of sp³-hybridized carbons (Fsp3) is 0.812. The standard InChI is InChI=1S/C16H29N3OS/c1-4-7-14-15(12-17-10-11-20-3)21-16(18-14)19(2)13-8-5-6-9-13/h13,17H,4-12H2,1-3H3. The fourth-order valence-corrected chi connectivity index (χ4v) is 4.02. The van der Waals surface area contributed by atoms with Crippen LogP contribution in [-0.4, -0.2) is 38.3 Å². The summed E-state index contributed by atoms with van der Waals surface area (Å²) in [6, 6.07) is 0.694. The fourth-order valence-electron chi connectivity index (χ4n) is 2.91. The molecule has 1 aliphatic rings. The molecule has 0 spiro atoms. The number of nitrogens with zero attached hydrogens (tertiary/aromatic N) is 2. The summed E-state index contributed by atoms with van der Waals surface area (Å²) in [5.74, 6) is 0. The molecule has 5 heteroatoms. The zero-order valence-corrected chi connectivity index (χ0v) is 14.5. The van der Waals surface area contributed by atoms with Crippen molar-refractivity contribution in [3.63, 3.8) is 0 Å². The molecular weight excluding hydrogens is 282 g/mol. The van der Waals surface area contributed by atoms with Gasteiger partial charge in [0.25, 0.3) is 0 Å². The Balaban J connectivity index is 2.00.